The summed E-state index contributed by atoms with van der Waals surface area (Å²) in [5.41, 5.74) is 1.84. The lowest BCUT2D eigenvalue weighted by Crippen LogP contribution is -2.12. The van der Waals surface area contributed by atoms with E-state index in [0.717, 1.165) is 23.3 Å². The van der Waals surface area contributed by atoms with Crippen LogP contribution in [0.5, 0.6) is 11.5 Å². The minimum Gasteiger partial charge on any atom is -0.496 e. The van der Waals surface area contributed by atoms with E-state index in [4.69, 9.17) is 9.47 Å². The van der Waals surface area contributed by atoms with Crippen LogP contribution in [0.1, 0.15) is 55.5 Å². The second-order valence-electron chi connectivity index (χ2n) is 5.55. The molecule has 2 unspecified atom stereocenters. The molecule has 0 amide bonds. The van der Waals surface area contributed by atoms with Crippen molar-refractivity contribution in [1.82, 2.24) is 0 Å². The van der Waals surface area contributed by atoms with Gasteiger partial charge in [0.2, 0.25) is 0 Å². The summed E-state index contributed by atoms with van der Waals surface area (Å²) in [4.78, 5) is -0.411. The zero-order valence-corrected chi connectivity index (χ0v) is 17.2. The van der Waals surface area contributed by atoms with E-state index in [0.29, 0.717) is 23.6 Å². The highest BCUT2D eigenvalue weighted by Crippen LogP contribution is 2.37. The lowest BCUT2D eigenvalue weighted by molar-refractivity contribution is 0.231. The van der Waals surface area contributed by atoms with Gasteiger partial charge in [-0.15, -0.1) is 0 Å². The van der Waals surface area contributed by atoms with Gasteiger partial charge in [-0.2, -0.15) is 5.26 Å². The van der Waals surface area contributed by atoms with Crippen molar-refractivity contribution in [1.29, 1.82) is 5.26 Å². The Labute approximate surface area is 156 Å². The Bertz CT molecular complexity index is 528. The second kappa shape index (κ2) is 10.9. The lowest BCUT2D eigenvalue weighted by atomic mass is 10.0. The monoisotopic (exact) mass is 445 g/mol. The quantitative estimate of drug-likeness (QED) is 0.405. The minimum atomic E-state index is -0.411. The van der Waals surface area contributed by atoms with Gasteiger partial charge >= 0.3 is 0 Å². The Hall–Kier alpha value is -0.730. The first-order chi connectivity index (χ1) is 11.1. The predicted molar refractivity (Wildman–Crippen MR) is 102 cm³/mol. The van der Waals surface area contributed by atoms with E-state index in [1.165, 1.54) is 19.3 Å². The molecule has 0 N–H and O–H groups in total. The standard InChI is InChI=1S/C18H25Br2NO2/c1-4-6-7-13(5-2)12-23-17-9-15(16(20)11-21)18(22-3)8-14(17)10-19/h8-9,13,16H,4-7,10,12H2,1-3H3. The highest BCUT2D eigenvalue weighted by atomic mass is 79.9. The molecule has 0 aliphatic heterocycles. The predicted octanol–water partition coefficient (Wildman–Crippen LogP) is 6.14. The van der Waals surface area contributed by atoms with Crippen molar-refractivity contribution in [2.24, 2.45) is 5.92 Å². The van der Waals surface area contributed by atoms with E-state index in [9.17, 15) is 5.26 Å². The Balaban J connectivity index is 2.98. The number of nitrogens with zero attached hydrogens (tertiary/aromatic N) is 1. The van der Waals surface area contributed by atoms with Gasteiger partial charge in [-0.05, 0) is 24.5 Å². The van der Waals surface area contributed by atoms with Gasteiger partial charge in [-0.3, -0.25) is 0 Å². The van der Waals surface area contributed by atoms with Crippen molar-refractivity contribution in [2.45, 2.75) is 49.7 Å². The number of methoxy groups -OCH3 is 1. The fourth-order valence-electron chi connectivity index (χ4n) is 2.41. The first kappa shape index (κ1) is 20.3. The van der Waals surface area contributed by atoms with Crippen LogP contribution in [0.25, 0.3) is 0 Å². The van der Waals surface area contributed by atoms with E-state index >= 15 is 0 Å². The van der Waals surface area contributed by atoms with Crippen LogP contribution in [0.15, 0.2) is 12.1 Å². The maximum Gasteiger partial charge on any atom is 0.130 e. The maximum atomic E-state index is 9.18. The van der Waals surface area contributed by atoms with Crippen molar-refractivity contribution in [3.8, 4) is 17.6 Å². The molecule has 3 nitrogen and oxygen atoms in total. The summed E-state index contributed by atoms with van der Waals surface area (Å²) in [5, 5.41) is 9.86. The third kappa shape index (κ3) is 6.00. The molecule has 0 spiro atoms. The summed E-state index contributed by atoms with van der Waals surface area (Å²) in [6.45, 7) is 5.13. The third-order valence-corrected chi connectivity index (χ3v) is 5.26. The zero-order chi connectivity index (χ0) is 17.2. The van der Waals surface area contributed by atoms with Gasteiger partial charge in [0.05, 0.1) is 19.8 Å². The van der Waals surface area contributed by atoms with Crippen LogP contribution in [0.2, 0.25) is 0 Å². The fraction of sp³-hybridized carbons (Fsp3) is 0.611. The Morgan fingerprint density at radius 3 is 2.52 bits per heavy atom. The number of halogens is 2. The largest absolute Gasteiger partial charge is 0.496 e. The molecular weight excluding hydrogens is 422 g/mol. The maximum absolute atomic E-state index is 9.18. The van der Waals surface area contributed by atoms with Crippen LogP contribution in [0.4, 0.5) is 0 Å². The van der Waals surface area contributed by atoms with Crippen LogP contribution in [0.3, 0.4) is 0 Å². The summed E-state index contributed by atoms with van der Waals surface area (Å²) in [7, 11) is 1.62. The van der Waals surface area contributed by atoms with Gasteiger partial charge in [0.25, 0.3) is 0 Å². The number of hydrogen-bond acceptors (Lipinski definition) is 3. The van der Waals surface area contributed by atoms with Crippen LogP contribution in [-0.2, 0) is 5.33 Å². The molecule has 0 aromatic heterocycles. The number of hydrogen-bond donors (Lipinski definition) is 0. The number of alkyl halides is 2. The molecule has 0 fully saturated rings. The van der Waals surface area contributed by atoms with Gasteiger partial charge < -0.3 is 9.47 Å². The van der Waals surface area contributed by atoms with Gasteiger partial charge in [-0.25, -0.2) is 0 Å². The van der Waals surface area contributed by atoms with E-state index in [2.05, 4.69) is 51.8 Å². The van der Waals surface area contributed by atoms with Crippen LogP contribution in [0, 0.1) is 17.2 Å². The van der Waals surface area contributed by atoms with Crippen molar-refractivity contribution in [3.05, 3.63) is 23.3 Å². The molecule has 0 aliphatic carbocycles. The molecule has 1 rings (SSSR count). The molecule has 128 valence electrons. The summed E-state index contributed by atoms with van der Waals surface area (Å²) in [5.74, 6) is 2.10. The SMILES string of the molecule is CCCCC(CC)COc1cc(C(Br)C#N)c(OC)cc1CBr. The number of ether oxygens (including phenoxy) is 2. The van der Waals surface area contributed by atoms with Gasteiger partial charge in [0.1, 0.15) is 16.3 Å². The Morgan fingerprint density at radius 2 is 2.00 bits per heavy atom. The average molecular weight is 447 g/mol. The molecule has 23 heavy (non-hydrogen) atoms. The summed E-state index contributed by atoms with van der Waals surface area (Å²) in [6, 6.07) is 6.06. The molecular formula is C18H25Br2NO2. The van der Waals surface area contributed by atoms with Gasteiger partial charge in [-0.1, -0.05) is 65.0 Å². The topological polar surface area (TPSA) is 42.2 Å². The molecule has 0 heterocycles. The number of unbranched alkanes of at least 4 members (excludes halogenated alkanes) is 1. The molecule has 2 atom stereocenters. The third-order valence-electron chi connectivity index (χ3n) is 3.96. The van der Waals surface area contributed by atoms with E-state index in [-0.39, 0.29) is 0 Å². The molecule has 5 heteroatoms. The molecule has 0 saturated carbocycles. The molecule has 1 aromatic rings. The second-order valence-corrected chi connectivity index (χ2v) is 7.03. The van der Waals surface area contributed by atoms with Gasteiger partial charge in [0.15, 0.2) is 0 Å². The first-order valence-electron chi connectivity index (χ1n) is 8.04. The van der Waals surface area contributed by atoms with E-state index in [1.807, 2.05) is 12.1 Å². The highest BCUT2D eigenvalue weighted by molar-refractivity contribution is 9.09. The van der Waals surface area contributed by atoms with Crippen LogP contribution < -0.4 is 9.47 Å². The van der Waals surface area contributed by atoms with Gasteiger partial charge in [0, 0.05) is 16.5 Å². The van der Waals surface area contributed by atoms with E-state index in [1.54, 1.807) is 7.11 Å². The van der Waals surface area contributed by atoms with Crippen molar-refractivity contribution in [3.63, 3.8) is 0 Å². The normalized spacial score (nSPS) is 13.2. The summed E-state index contributed by atoms with van der Waals surface area (Å²) >= 11 is 6.88. The Kier molecular flexibility index (Phi) is 9.66. The minimum absolute atomic E-state index is 0.411. The molecule has 0 saturated heterocycles. The number of nitriles is 1. The number of rotatable bonds is 10. The van der Waals surface area contributed by atoms with Crippen molar-refractivity contribution >= 4 is 31.9 Å². The average Bonchev–Trinajstić information content (AvgIpc) is 2.60. The van der Waals surface area contributed by atoms with Crippen LogP contribution in [-0.4, -0.2) is 13.7 Å². The Morgan fingerprint density at radius 1 is 1.26 bits per heavy atom. The van der Waals surface area contributed by atoms with E-state index < -0.39 is 4.83 Å². The molecule has 0 radical (unpaired) electrons. The van der Waals surface area contributed by atoms with Crippen molar-refractivity contribution < 1.29 is 9.47 Å². The van der Waals surface area contributed by atoms with Crippen LogP contribution >= 0.6 is 31.9 Å². The number of benzene rings is 1. The summed E-state index contributed by atoms with van der Waals surface area (Å²) < 4.78 is 11.5. The molecule has 0 bridgehead atoms. The molecule has 1 aromatic carbocycles. The fourth-order valence-corrected chi connectivity index (χ4v) is 3.20. The lowest BCUT2D eigenvalue weighted by Gasteiger charge is -2.19. The zero-order valence-electron chi connectivity index (χ0n) is 14.1. The highest BCUT2D eigenvalue weighted by Gasteiger charge is 2.18. The summed E-state index contributed by atoms with van der Waals surface area (Å²) in [6.07, 6.45) is 4.76. The van der Waals surface area contributed by atoms with Crippen molar-refractivity contribution in [2.75, 3.05) is 13.7 Å². The smallest absolute Gasteiger partial charge is 0.130 e. The molecule has 0 aliphatic rings. The first-order valence-corrected chi connectivity index (χ1v) is 10.1.